The van der Waals surface area contributed by atoms with Gasteiger partial charge in [-0.1, -0.05) is 13.0 Å². The molecule has 0 aliphatic rings. The van der Waals surface area contributed by atoms with Crippen LogP contribution in [-0.2, 0) is 4.79 Å². The lowest BCUT2D eigenvalue weighted by atomic mass is 10.1. The first-order valence-corrected chi connectivity index (χ1v) is 7.72. The van der Waals surface area contributed by atoms with Crippen molar-refractivity contribution in [2.24, 2.45) is 0 Å². The number of nitrogens with one attached hydrogen (secondary N) is 1. The predicted octanol–water partition coefficient (Wildman–Crippen LogP) is 4.11. The molecule has 0 heterocycles. The molecule has 4 nitrogen and oxygen atoms in total. The molecule has 0 unspecified atom stereocenters. The third-order valence-electron chi connectivity index (χ3n) is 3.78. The van der Waals surface area contributed by atoms with Crippen LogP contribution in [0.4, 0.5) is 5.69 Å². The number of benzene rings is 2. The number of rotatable bonds is 6. The molecule has 122 valence electrons. The lowest BCUT2D eigenvalue weighted by Gasteiger charge is -2.18. The van der Waals surface area contributed by atoms with Gasteiger partial charge in [0, 0.05) is 5.69 Å². The normalized spacial score (nSPS) is 11.7. The van der Waals surface area contributed by atoms with Crippen LogP contribution in [-0.4, -0.2) is 19.1 Å². The van der Waals surface area contributed by atoms with Crippen LogP contribution < -0.4 is 14.8 Å². The Morgan fingerprint density at radius 2 is 1.70 bits per heavy atom. The molecular formula is C19H23NO3. The molecule has 0 aromatic heterocycles. The molecule has 4 heteroatoms. The van der Waals surface area contributed by atoms with Gasteiger partial charge < -0.3 is 14.8 Å². The van der Waals surface area contributed by atoms with Gasteiger partial charge in [-0.15, -0.1) is 0 Å². The monoisotopic (exact) mass is 313 g/mol. The summed E-state index contributed by atoms with van der Waals surface area (Å²) in [5.41, 5.74) is 3.07. The zero-order valence-corrected chi connectivity index (χ0v) is 14.1. The largest absolute Gasteiger partial charge is 0.497 e. The average molecular weight is 313 g/mol. The van der Waals surface area contributed by atoms with Crippen molar-refractivity contribution in [3.8, 4) is 11.5 Å². The first kappa shape index (κ1) is 16.9. The molecule has 0 fully saturated rings. The fourth-order valence-electron chi connectivity index (χ4n) is 2.17. The molecule has 1 amide bonds. The van der Waals surface area contributed by atoms with Crippen molar-refractivity contribution < 1.29 is 14.3 Å². The Morgan fingerprint density at radius 3 is 2.26 bits per heavy atom. The molecule has 0 aliphatic heterocycles. The lowest BCUT2D eigenvalue weighted by molar-refractivity contribution is -0.122. The Hall–Kier alpha value is -2.49. The van der Waals surface area contributed by atoms with Crippen molar-refractivity contribution in [3.63, 3.8) is 0 Å². The van der Waals surface area contributed by atoms with Crippen molar-refractivity contribution in [1.82, 2.24) is 0 Å². The second-order valence-corrected chi connectivity index (χ2v) is 5.48. The first-order chi connectivity index (χ1) is 11.0. The molecule has 0 radical (unpaired) electrons. The number of amides is 1. The highest BCUT2D eigenvalue weighted by molar-refractivity contribution is 5.94. The summed E-state index contributed by atoms with van der Waals surface area (Å²) in [5, 5.41) is 2.87. The summed E-state index contributed by atoms with van der Waals surface area (Å²) in [6.45, 7) is 6.01. The Balaban J connectivity index is 2.03. The maximum absolute atomic E-state index is 12.4. The topological polar surface area (TPSA) is 47.6 Å². The minimum Gasteiger partial charge on any atom is -0.497 e. The highest BCUT2D eigenvalue weighted by Crippen LogP contribution is 2.20. The maximum atomic E-state index is 12.4. The van der Waals surface area contributed by atoms with E-state index in [-0.39, 0.29) is 5.91 Å². The van der Waals surface area contributed by atoms with Crippen molar-refractivity contribution >= 4 is 11.6 Å². The molecule has 0 aliphatic carbocycles. The Bertz CT molecular complexity index is 665. The van der Waals surface area contributed by atoms with E-state index in [4.69, 9.17) is 9.47 Å². The molecular weight excluding hydrogens is 290 g/mol. The predicted molar refractivity (Wildman–Crippen MR) is 92.2 cm³/mol. The third kappa shape index (κ3) is 4.49. The number of carbonyl (C=O) groups excluding carboxylic acids is 1. The minimum absolute atomic E-state index is 0.157. The van der Waals surface area contributed by atoms with E-state index in [1.807, 2.05) is 39.0 Å². The van der Waals surface area contributed by atoms with E-state index in [0.29, 0.717) is 12.2 Å². The summed E-state index contributed by atoms with van der Waals surface area (Å²) < 4.78 is 10.9. The van der Waals surface area contributed by atoms with Crippen LogP contribution in [0.2, 0.25) is 0 Å². The van der Waals surface area contributed by atoms with Crippen molar-refractivity contribution in [2.45, 2.75) is 33.3 Å². The molecule has 23 heavy (non-hydrogen) atoms. The SMILES string of the molecule is CC[C@H](Oc1ccc(C)c(C)c1)C(=O)Nc1ccc(OC)cc1. The Morgan fingerprint density at radius 1 is 1.04 bits per heavy atom. The number of ether oxygens (including phenoxy) is 2. The quantitative estimate of drug-likeness (QED) is 0.873. The van der Waals surface area contributed by atoms with E-state index in [1.165, 1.54) is 5.56 Å². The molecule has 2 aromatic carbocycles. The number of aryl methyl sites for hydroxylation is 2. The van der Waals surface area contributed by atoms with Crippen LogP contribution in [0.15, 0.2) is 42.5 Å². The molecule has 0 saturated carbocycles. The zero-order valence-electron chi connectivity index (χ0n) is 14.1. The van der Waals surface area contributed by atoms with Crippen LogP contribution in [0.3, 0.4) is 0 Å². The van der Waals surface area contributed by atoms with Gasteiger partial charge in [0.05, 0.1) is 7.11 Å². The van der Waals surface area contributed by atoms with Crippen LogP contribution >= 0.6 is 0 Å². The second-order valence-electron chi connectivity index (χ2n) is 5.48. The van der Waals surface area contributed by atoms with E-state index in [9.17, 15) is 4.79 Å². The molecule has 0 saturated heterocycles. The van der Waals surface area contributed by atoms with Gasteiger partial charge in [-0.3, -0.25) is 4.79 Å². The number of methoxy groups -OCH3 is 1. The van der Waals surface area contributed by atoms with Crippen molar-refractivity contribution in [3.05, 3.63) is 53.6 Å². The third-order valence-corrected chi connectivity index (χ3v) is 3.78. The summed E-state index contributed by atoms with van der Waals surface area (Å²) in [6.07, 6.45) is 0.0637. The fraction of sp³-hybridized carbons (Fsp3) is 0.316. The summed E-state index contributed by atoms with van der Waals surface area (Å²) in [6, 6.07) is 13.1. The summed E-state index contributed by atoms with van der Waals surface area (Å²) in [5.74, 6) is 1.31. The van der Waals surface area contributed by atoms with Crippen LogP contribution in [0.1, 0.15) is 24.5 Å². The zero-order chi connectivity index (χ0) is 16.8. The van der Waals surface area contributed by atoms with Gasteiger partial charge in [-0.2, -0.15) is 0 Å². The average Bonchev–Trinajstić information content (AvgIpc) is 2.56. The minimum atomic E-state index is -0.529. The van der Waals surface area contributed by atoms with Crippen LogP contribution in [0, 0.1) is 13.8 Å². The molecule has 2 rings (SSSR count). The van der Waals surface area contributed by atoms with Gasteiger partial charge in [0.25, 0.3) is 5.91 Å². The van der Waals surface area contributed by atoms with E-state index in [2.05, 4.69) is 5.32 Å². The van der Waals surface area contributed by atoms with Crippen molar-refractivity contribution in [2.75, 3.05) is 12.4 Å². The van der Waals surface area contributed by atoms with Crippen LogP contribution in [0.25, 0.3) is 0 Å². The van der Waals surface area contributed by atoms with Crippen molar-refractivity contribution in [1.29, 1.82) is 0 Å². The molecule has 0 spiro atoms. The number of hydrogen-bond acceptors (Lipinski definition) is 3. The van der Waals surface area contributed by atoms with Gasteiger partial charge >= 0.3 is 0 Å². The lowest BCUT2D eigenvalue weighted by Crippen LogP contribution is -2.32. The van der Waals surface area contributed by atoms with Gasteiger partial charge in [0.1, 0.15) is 11.5 Å². The van der Waals surface area contributed by atoms with Gasteiger partial charge in [-0.05, 0) is 67.8 Å². The highest BCUT2D eigenvalue weighted by atomic mass is 16.5. The molecule has 0 bridgehead atoms. The fourth-order valence-corrected chi connectivity index (χ4v) is 2.17. The first-order valence-electron chi connectivity index (χ1n) is 7.72. The Labute approximate surface area is 137 Å². The Kier molecular flexibility index (Phi) is 5.63. The summed E-state index contributed by atoms with van der Waals surface area (Å²) in [7, 11) is 1.61. The maximum Gasteiger partial charge on any atom is 0.265 e. The summed E-state index contributed by atoms with van der Waals surface area (Å²) in [4.78, 5) is 12.4. The van der Waals surface area contributed by atoms with E-state index in [1.54, 1.807) is 31.4 Å². The summed E-state index contributed by atoms with van der Waals surface area (Å²) >= 11 is 0. The standard InChI is InChI=1S/C19H23NO3/c1-5-18(23-17-9-6-13(2)14(3)12-17)19(21)20-15-7-10-16(22-4)11-8-15/h6-12,18H,5H2,1-4H3,(H,20,21)/t18-/m0/s1. The van der Waals surface area contributed by atoms with E-state index in [0.717, 1.165) is 17.0 Å². The number of hydrogen-bond donors (Lipinski definition) is 1. The molecule has 1 N–H and O–H groups in total. The second kappa shape index (κ2) is 7.68. The van der Waals surface area contributed by atoms with Gasteiger partial charge in [-0.25, -0.2) is 0 Å². The van der Waals surface area contributed by atoms with E-state index < -0.39 is 6.10 Å². The van der Waals surface area contributed by atoms with Gasteiger partial charge in [0.2, 0.25) is 0 Å². The van der Waals surface area contributed by atoms with E-state index >= 15 is 0 Å². The van der Waals surface area contributed by atoms with Crippen LogP contribution in [0.5, 0.6) is 11.5 Å². The smallest absolute Gasteiger partial charge is 0.265 e. The van der Waals surface area contributed by atoms with Gasteiger partial charge in [0.15, 0.2) is 6.10 Å². The molecule has 2 aromatic rings. The highest BCUT2D eigenvalue weighted by Gasteiger charge is 2.18. The number of carbonyl (C=O) groups is 1. The molecule has 1 atom stereocenters. The number of anilines is 1.